The molecule has 3 heteroatoms. The third-order valence-electron chi connectivity index (χ3n) is 7.75. The summed E-state index contributed by atoms with van der Waals surface area (Å²) in [7, 11) is 0. The first-order chi connectivity index (χ1) is 22.1. The van der Waals surface area contributed by atoms with Crippen molar-refractivity contribution in [2.75, 3.05) is 10.6 Å². The molecule has 0 aromatic heterocycles. The van der Waals surface area contributed by atoms with Crippen LogP contribution in [-0.2, 0) is 4.74 Å². The van der Waals surface area contributed by atoms with E-state index in [-0.39, 0.29) is 0 Å². The number of benzene rings is 6. The van der Waals surface area contributed by atoms with Gasteiger partial charge in [-0.25, -0.2) is 0 Å². The lowest BCUT2D eigenvalue weighted by Crippen LogP contribution is -2.13. The van der Waals surface area contributed by atoms with Crippen LogP contribution in [0.25, 0.3) is 11.1 Å². The van der Waals surface area contributed by atoms with E-state index in [2.05, 4.69) is 121 Å². The Bertz CT molecular complexity index is 1680. The Morgan fingerprint density at radius 1 is 0.378 bits per heavy atom. The maximum absolute atomic E-state index is 7.08. The fraction of sp³-hybridized carbons (Fsp3) is 0.0476. The van der Waals surface area contributed by atoms with Crippen LogP contribution in [0.4, 0.5) is 22.7 Å². The minimum atomic E-state index is -0.403. The minimum absolute atomic E-state index is 0.403. The van der Waals surface area contributed by atoms with Crippen LogP contribution in [0.2, 0.25) is 0 Å². The topological polar surface area (TPSA) is 33.3 Å². The van der Waals surface area contributed by atoms with E-state index >= 15 is 0 Å². The van der Waals surface area contributed by atoms with Crippen LogP contribution in [0, 0.1) is 0 Å². The van der Waals surface area contributed by atoms with Crippen molar-refractivity contribution in [2.45, 2.75) is 12.2 Å². The molecule has 0 bridgehead atoms. The lowest BCUT2D eigenvalue weighted by atomic mass is 9.93. The smallest absolute Gasteiger partial charge is 0.109 e. The second-order valence-electron chi connectivity index (χ2n) is 10.9. The van der Waals surface area contributed by atoms with Crippen LogP contribution in [-0.4, -0.2) is 0 Å². The third kappa shape index (κ3) is 7.48. The van der Waals surface area contributed by atoms with Gasteiger partial charge in [0, 0.05) is 22.7 Å². The summed E-state index contributed by atoms with van der Waals surface area (Å²) in [5.41, 5.74) is 9.95. The normalized spacial score (nSPS) is 12.1. The van der Waals surface area contributed by atoms with Crippen LogP contribution >= 0.6 is 0 Å². The van der Waals surface area contributed by atoms with E-state index in [0.717, 1.165) is 56.1 Å². The molecule has 2 atom stereocenters. The predicted octanol–water partition coefficient (Wildman–Crippen LogP) is 11.4. The van der Waals surface area contributed by atoms with Crippen molar-refractivity contribution in [1.29, 1.82) is 0 Å². The molecule has 0 aliphatic heterocycles. The van der Waals surface area contributed by atoms with Crippen LogP contribution in [0.3, 0.4) is 0 Å². The Morgan fingerprint density at radius 2 is 0.667 bits per heavy atom. The molecule has 2 N–H and O–H groups in total. The molecular weight excluding hydrogens is 548 g/mol. The van der Waals surface area contributed by atoms with Crippen LogP contribution in [0.5, 0.6) is 0 Å². The molecule has 0 radical (unpaired) electrons. The van der Waals surface area contributed by atoms with Crippen LogP contribution in [0.15, 0.2) is 183 Å². The van der Waals surface area contributed by atoms with Gasteiger partial charge in [-0.1, -0.05) is 134 Å². The second kappa shape index (κ2) is 14.2. The van der Waals surface area contributed by atoms with Crippen molar-refractivity contribution >= 4 is 33.9 Å². The molecule has 220 valence electrons. The highest BCUT2D eigenvalue weighted by molar-refractivity contribution is 5.74. The Hall–Kier alpha value is -5.64. The lowest BCUT2D eigenvalue weighted by molar-refractivity contribution is 0.0522. The number of rotatable bonds is 12. The van der Waals surface area contributed by atoms with Crippen molar-refractivity contribution in [2.24, 2.45) is 0 Å². The standard InChI is InChI=1S/C42H36N2O/c1-31(33-23-27-39(28-24-33)43-37-19-11-5-12-20-37)41(35-15-7-3-8-16-35)45-42(36-17-9-4-10-18-36)32(2)34-25-29-40(30-26-34)44-38-21-13-6-14-22-38/h3-30,41-44H,1-2H2. The molecule has 45 heavy (non-hydrogen) atoms. The molecular formula is C42H36N2O. The van der Waals surface area contributed by atoms with Gasteiger partial charge in [0.15, 0.2) is 0 Å². The average molecular weight is 585 g/mol. The van der Waals surface area contributed by atoms with Crippen molar-refractivity contribution < 1.29 is 4.74 Å². The average Bonchev–Trinajstić information content (AvgIpc) is 3.11. The van der Waals surface area contributed by atoms with Gasteiger partial charge >= 0.3 is 0 Å². The van der Waals surface area contributed by atoms with E-state index in [1.807, 2.05) is 72.8 Å². The first-order valence-corrected chi connectivity index (χ1v) is 15.1. The van der Waals surface area contributed by atoms with E-state index in [4.69, 9.17) is 4.74 Å². The summed E-state index contributed by atoms with van der Waals surface area (Å²) in [5, 5.41) is 6.92. The molecule has 6 aromatic carbocycles. The van der Waals surface area contributed by atoms with E-state index in [0.29, 0.717) is 0 Å². The van der Waals surface area contributed by atoms with E-state index in [9.17, 15) is 0 Å². The Kier molecular flexibility index (Phi) is 9.30. The zero-order chi connectivity index (χ0) is 30.8. The van der Waals surface area contributed by atoms with Crippen molar-refractivity contribution in [3.63, 3.8) is 0 Å². The van der Waals surface area contributed by atoms with Crippen LogP contribution in [0.1, 0.15) is 34.5 Å². The highest BCUT2D eigenvalue weighted by atomic mass is 16.5. The Labute approximate surface area is 266 Å². The molecule has 0 aliphatic rings. The fourth-order valence-electron chi connectivity index (χ4n) is 5.33. The second-order valence-corrected chi connectivity index (χ2v) is 10.9. The predicted molar refractivity (Wildman–Crippen MR) is 190 cm³/mol. The van der Waals surface area contributed by atoms with Gasteiger partial charge in [0.25, 0.3) is 0 Å². The number of ether oxygens (including phenoxy) is 1. The van der Waals surface area contributed by atoms with E-state index in [1.165, 1.54) is 0 Å². The van der Waals surface area contributed by atoms with E-state index < -0.39 is 12.2 Å². The lowest BCUT2D eigenvalue weighted by Gasteiger charge is -2.29. The Morgan fingerprint density at radius 3 is 1.00 bits per heavy atom. The summed E-state index contributed by atoms with van der Waals surface area (Å²) in [6, 6.07) is 57.6. The molecule has 0 saturated heterocycles. The van der Waals surface area contributed by atoms with Gasteiger partial charge in [-0.3, -0.25) is 0 Å². The SMILES string of the molecule is C=C(c1ccc(Nc2ccccc2)cc1)C(OC(C(=C)c1ccc(Nc2ccccc2)cc1)c1ccccc1)c1ccccc1. The fourth-order valence-corrected chi connectivity index (χ4v) is 5.33. The molecule has 3 nitrogen and oxygen atoms in total. The molecule has 0 saturated carbocycles. The van der Waals surface area contributed by atoms with Gasteiger partial charge < -0.3 is 15.4 Å². The molecule has 0 fully saturated rings. The van der Waals surface area contributed by atoms with Gasteiger partial charge in [-0.05, 0) is 81.9 Å². The van der Waals surface area contributed by atoms with Crippen molar-refractivity contribution in [3.05, 3.63) is 205 Å². The van der Waals surface area contributed by atoms with Crippen LogP contribution < -0.4 is 10.6 Å². The molecule has 0 spiro atoms. The highest BCUT2D eigenvalue weighted by Gasteiger charge is 2.26. The summed E-state index contributed by atoms with van der Waals surface area (Å²) in [6.07, 6.45) is -0.805. The molecule has 0 aliphatic carbocycles. The molecule has 2 unspecified atom stereocenters. The summed E-state index contributed by atoms with van der Waals surface area (Å²) in [5.74, 6) is 0. The van der Waals surface area contributed by atoms with Gasteiger partial charge in [-0.2, -0.15) is 0 Å². The van der Waals surface area contributed by atoms with Gasteiger partial charge in [-0.15, -0.1) is 0 Å². The van der Waals surface area contributed by atoms with E-state index in [1.54, 1.807) is 0 Å². The number of hydrogen-bond acceptors (Lipinski definition) is 3. The van der Waals surface area contributed by atoms with Crippen molar-refractivity contribution in [1.82, 2.24) is 0 Å². The number of nitrogens with one attached hydrogen (secondary N) is 2. The third-order valence-corrected chi connectivity index (χ3v) is 7.75. The van der Waals surface area contributed by atoms with Gasteiger partial charge in [0.1, 0.15) is 12.2 Å². The number of para-hydroxylation sites is 2. The van der Waals surface area contributed by atoms with Gasteiger partial charge in [0.05, 0.1) is 0 Å². The summed E-state index contributed by atoms with van der Waals surface area (Å²) < 4.78 is 7.08. The first-order valence-electron chi connectivity index (χ1n) is 15.1. The maximum atomic E-state index is 7.08. The highest BCUT2D eigenvalue weighted by Crippen LogP contribution is 2.41. The quantitative estimate of drug-likeness (QED) is 0.150. The number of hydrogen-bond donors (Lipinski definition) is 2. The summed E-state index contributed by atoms with van der Waals surface area (Å²) in [6.45, 7) is 9.12. The number of anilines is 4. The van der Waals surface area contributed by atoms with Gasteiger partial charge in [0.2, 0.25) is 0 Å². The Balaban J connectivity index is 1.28. The summed E-state index contributed by atoms with van der Waals surface area (Å²) >= 11 is 0. The largest absolute Gasteiger partial charge is 0.356 e. The zero-order valence-electron chi connectivity index (χ0n) is 25.1. The minimum Gasteiger partial charge on any atom is -0.356 e. The maximum Gasteiger partial charge on any atom is 0.109 e. The molecule has 6 aromatic rings. The molecule has 0 amide bonds. The first kappa shape index (κ1) is 29.4. The molecule has 6 rings (SSSR count). The monoisotopic (exact) mass is 584 g/mol. The summed E-state index contributed by atoms with van der Waals surface area (Å²) in [4.78, 5) is 0. The van der Waals surface area contributed by atoms with Crippen molar-refractivity contribution in [3.8, 4) is 0 Å². The molecule has 0 heterocycles. The zero-order valence-corrected chi connectivity index (χ0v) is 25.1.